The van der Waals surface area contributed by atoms with Gasteiger partial charge in [0.15, 0.2) is 6.10 Å². The first-order valence-corrected chi connectivity index (χ1v) is 7.70. The third-order valence-corrected chi connectivity index (χ3v) is 4.60. The molecule has 1 heterocycles. The number of rotatable bonds is 5. The van der Waals surface area contributed by atoms with Crippen LogP contribution in [0.4, 0.5) is 4.39 Å². The normalized spacial score (nSPS) is 22.2. The van der Waals surface area contributed by atoms with Crippen LogP contribution in [0.3, 0.4) is 0 Å². The highest BCUT2D eigenvalue weighted by atomic mass is 19.1. The minimum Gasteiger partial charge on any atom is -0.481 e. The van der Waals surface area contributed by atoms with Crippen LogP contribution in [-0.2, 0) is 9.59 Å². The van der Waals surface area contributed by atoms with Gasteiger partial charge in [-0.1, -0.05) is 19.9 Å². The van der Waals surface area contributed by atoms with Crippen LogP contribution >= 0.6 is 0 Å². The van der Waals surface area contributed by atoms with Gasteiger partial charge in [0.1, 0.15) is 11.6 Å². The summed E-state index contributed by atoms with van der Waals surface area (Å²) in [6.07, 6.45) is -0.369. The minimum absolute atomic E-state index is 0.0720. The summed E-state index contributed by atoms with van der Waals surface area (Å²) < 4.78 is 18.6. The fraction of sp³-hybridized carbons (Fsp3) is 0.529. The Morgan fingerprint density at radius 1 is 1.35 bits per heavy atom. The van der Waals surface area contributed by atoms with Crippen molar-refractivity contribution in [3.63, 3.8) is 0 Å². The molecule has 5 nitrogen and oxygen atoms in total. The number of hydrogen-bond donors (Lipinski definition) is 1. The zero-order valence-corrected chi connectivity index (χ0v) is 13.6. The second-order valence-corrected chi connectivity index (χ2v) is 6.34. The molecular formula is C17H22FNO4. The number of carboxylic acid groups (broad SMARTS) is 1. The van der Waals surface area contributed by atoms with Gasteiger partial charge in [-0.05, 0) is 31.4 Å². The number of benzene rings is 1. The van der Waals surface area contributed by atoms with Gasteiger partial charge in [0, 0.05) is 19.2 Å². The molecule has 0 aromatic heterocycles. The standard InChI is InChI=1S/C17H22FNO4/c1-11(2)17(16(21)22)7-8-19(10-17)15(20)12(3)23-14-6-4-5-13(18)9-14/h4-6,9,11-12H,7-8,10H2,1-3H3,(H,21,22). The summed E-state index contributed by atoms with van der Waals surface area (Å²) in [6, 6.07) is 5.59. The number of amides is 1. The van der Waals surface area contributed by atoms with E-state index in [9.17, 15) is 19.1 Å². The lowest BCUT2D eigenvalue weighted by molar-refractivity contribution is -0.151. The third-order valence-electron chi connectivity index (χ3n) is 4.60. The van der Waals surface area contributed by atoms with E-state index in [0.717, 1.165) is 0 Å². The van der Waals surface area contributed by atoms with Crippen LogP contribution in [0.25, 0.3) is 0 Å². The molecule has 2 rings (SSSR count). The highest BCUT2D eigenvalue weighted by Crippen LogP contribution is 2.38. The van der Waals surface area contributed by atoms with Crippen LogP contribution in [-0.4, -0.2) is 41.1 Å². The number of hydrogen-bond acceptors (Lipinski definition) is 3. The Morgan fingerprint density at radius 3 is 2.57 bits per heavy atom. The van der Waals surface area contributed by atoms with Gasteiger partial charge >= 0.3 is 5.97 Å². The monoisotopic (exact) mass is 323 g/mol. The number of carboxylic acids is 1. The number of carbonyl (C=O) groups is 2. The molecule has 2 unspecified atom stereocenters. The van der Waals surface area contributed by atoms with E-state index in [2.05, 4.69) is 0 Å². The van der Waals surface area contributed by atoms with E-state index >= 15 is 0 Å². The summed E-state index contributed by atoms with van der Waals surface area (Å²) in [5.41, 5.74) is -0.908. The van der Waals surface area contributed by atoms with E-state index in [1.807, 2.05) is 13.8 Å². The molecule has 1 aromatic carbocycles. The average Bonchev–Trinajstić information content (AvgIpc) is 2.93. The van der Waals surface area contributed by atoms with E-state index < -0.39 is 23.3 Å². The van der Waals surface area contributed by atoms with E-state index in [4.69, 9.17) is 4.74 Å². The van der Waals surface area contributed by atoms with Gasteiger partial charge in [0.2, 0.25) is 0 Å². The molecule has 0 bridgehead atoms. The first-order valence-electron chi connectivity index (χ1n) is 7.70. The van der Waals surface area contributed by atoms with Crippen LogP contribution in [0.2, 0.25) is 0 Å². The highest BCUT2D eigenvalue weighted by Gasteiger charge is 2.49. The fourth-order valence-electron chi connectivity index (χ4n) is 2.97. The number of likely N-dealkylation sites (tertiary alicyclic amines) is 1. The van der Waals surface area contributed by atoms with E-state index in [1.54, 1.807) is 13.0 Å². The molecule has 0 radical (unpaired) electrons. The van der Waals surface area contributed by atoms with E-state index in [1.165, 1.54) is 23.1 Å². The van der Waals surface area contributed by atoms with Gasteiger partial charge in [-0.2, -0.15) is 0 Å². The topological polar surface area (TPSA) is 66.8 Å². The first-order chi connectivity index (χ1) is 10.8. The maximum atomic E-state index is 13.2. The maximum absolute atomic E-state index is 13.2. The zero-order chi connectivity index (χ0) is 17.2. The molecule has 2 atom stereocenters. The Bertz CT molecular complexity index is 604. The predicted octanol–water partition coefficient (Wildman–Crippen LogP) is 2.55. The van der Waals surface area contributed by atoms with Crippen molar-refractivity contribution in [1.29, 1.82) is 0 Å². The van der Waals surface area contributed by atoms with Crippen LogP contribution in [0.1, 0.15) is 27.2 Å². The van der Waals surface area contributed by atoms with Gasteiger partial charge in [-0.25, -0.2) is 4.39 Å². The molecule has 0 spiro atoms. The quantitative estimate of drug-likeness (QED) is 0.904. The van der Waals surface area contributed by atoms with E-state index in [0.29, 0.717) is 13.0 Å². The first kappa shape index (κ1) is 17.2. The van der Waals surface area contributed by atoms with Gasteiger partial charge < -0.3 is 14.7 Å². The van der Waals surface area contributed by atoms with Gasteiger partial charge in [0.25, 0.3) is 5.91 Å². The van der Waals surface area contributed by atoms with Crippen molar-refractivity contribution in [2.75, 3.05) is 13.1 Å². The predicted molar refractivity (Wildman–Crippen MR) is 82.6 cm³/mol. The molecule has 0 saturated carbocycles. The second-order valence-electron chi connectivity index (χ2n) is 6.34. The van der Waals surface area contributed by atoms with Gasteiger partial charge in [-0.3, -0.25) is 9.59 Å². The van der Waals surface area contributed by atoms with Crippen molar-refractivity contribution < 1.29 is 23.8 Å². The van der Waals surface area contributed by atoms with E-state index in [-0.39, 0.29) is 24.1 Å². The Hall–Kier alpha value is -2.11. The number of halogens is 1. The van der Waals surface area contributed by atoms with Crippen LogP contribution in [0, 0.1) is 17.2 Å². The third kappa shape index (κ3) is 3.46. The number of nitrogens with zero attached hydrogens (tertiary/aromatic N) is 1. The largest absolute Gasteiger partial charge is 0.481 e. The summed E-state index contributed by atoms with van der Waals surface area (Å²) in [4.78, 5) is 25.6. The fourth-order valence-corrected chi connectivity index (χ4v) is 2.97. The smallest absolute Gasteiger partial charge is 0.311 e. The zero-order valence-electron chi connectivity index (χ0n) is 13.6. The molecule has 1 amide bonds. The molecule has 1 saturated heterocycles. The van der Waals surface area contributed by atoms with Gasteiger partial charge in [0.05, 0.1) is 5.41 Å². The maximum Gasteiger partial charge on any atom is 0.311 e. The molecule has 1 N–H and O–H groups in total. The molecule has 6 heteroatoms. The van der Waals surface area contributed by atoms with Gasteiger partial charge in [-0.15, -0.1) is 0 Å². The van der Waals surface area contributed by atoms with Crippen molar-refractivity contribution >= 4 is 11.9 Å². The van der Waals surface area contributed by atoms with Crippen LogP contribution < -0.4 is 4.74 Å². The van der Waals surface area contributed by atoms with Crippen LogP contribution in [0.5, 0.6) is 5.75 Å². The summed E-state index contributed by atoms with van der Waals surface area (Å²) in [7, 11) is 0. The summed E-state index contributed by atoms with van der Waals surface area (Å²) in [6.45, 7) is 5.86. The summed E-state index contributed by atoms with van der Waals surface area (Å²) >= 11 is 0. The van der Waals surface area contributed by atoms with Crippen LogP contribution in [0.15, 0.2) is 24.3 Å². The molecule has 1 aliphatic rings. The van der Waals surface area contributed by atoms with Crippen molar-refractivity contribution in [3.05, 3.63) is 30.1 Å². The molecule has 126 valence electrons. The van der Waals surface area contributed by atoms with Crippen molar-refractivity contribution in [2.45, 2.75) is 33.3 Å². The molecule has 1 fully saturated rings. The molecule has 23 heavy (non-hydrogen) atoms. The Morgan fingerprint density at radius 2 is 2.04 bits per heavy atom. The number of aliphatic carboxylic acids is 1. The Balaban J connectivity index is 2.05. The molecule has 1 aromatic rings. The number of carbonyl (C=O) groups excluding carboxylic acids is 1. The average molecular weight is 323 g/mol. The SMILES string of the molecule is CC(Oc1cccc(F)c1)C(=O)N1CCC(C(=O)O)(C(C)C)C1. The van der Waals surface area contributed by atoms with Crippen molar-refractivity contribution in [1.82, 2.24) is 4.90 Å². The molecule has 1 aliphatic heterocycles. The second kappa shape index (κ2) is 6.56. The van der Waals surface area contributed by atoms with Crippen molar-refractivity contribution in [2.24, 2.45) is 11.3 Å². The lowest BCUT2D eigenvalue weighted by Gasteiger charge is -2.29. The lowest BCUT2D eigenvalue weighted by atomic mass is 9.76. The summed E-state index contributed by atoms with van der Waals surface area (Å²) in [5.74, 6) is -1.39. The van der Waals surface area contributed by atoms with Crippen molar-refractivity contribution in [3.8, 4) is 5.75 Å². The Kier molecular flexibility index (Phi) is 4.92. The Labute approximate surface area is 135 Å². The lowest BCUT2D eigenvalue weighted by Crippen LogP contribution is -2.44. The number of ether oxygens (including phenoxy) is 1. The molecule has 0 aliphatic carbocycles. The highest BCUT2D eigenvalue weighted by molar-refractivity contribution is 5.83. The minimum atomic E-state index is -0.908. The molecular weight excluding hydrogens is 301 g/mol. The summed E-state index contributed by atoms with van der Waals surface area (Å²) in [5, 5.41) is 9.53.